The Hall–Kier alpha value is -3.16. The molecule has 0 unspecified atom stereocenters. The summed E-state index contributed by atoms with van der Waals surface area (Å²) >= 11 is 0. The van der Waals surface area contributed by atoms with Gasteiger partial charge in [0.2, 0.25) is 5.91 Å². The van der Waals surface area contributed by atoms with Crippen molar-refractivity contribution in [1.82, 2.24) is 19.7 Å². The van der Waals surface area contributed by atoms with Gasteiger partial charge in [0.05, 0.1) is 42.7 Å². The summed E-state index contributed by atoms with van der Waals surface area (Å²) in [5.74, 6) is -0.0263. The van der Waals surface area contributed by atoms with E-state index in [0.717, 1.165) is 23.9 Å². The van der Waals surface area contributed by atoms with Gasteiger partial charge in [-0.15, -0.1) is 0 Å². The van der Waals surface area contributed by atoms with Crippen molar-refractivity contribution in [2.45, 2.75) is 25.7 Å². The van der Waals surface area contributed by atoms with Crippen LogP contribution in [0.4, 0.5) is 13.2 Å². The third-order valence-electron chi connectivity index (χ3n) is 4.79. The van der Waals surface area contributed by atoms with Crippen molar-refractivity contribution in [3.05, 3.63) is 71.7 Å². The van der Waals surface area contributed by atoms with E-state index >= 15 is 0 Å². The lowest BCUT2D eigenvalue weighted by molar-refractivity contribution is -0.137. The average Bonchev–Trinajstić information content (AvgIpc) is 3.11. The van der Waals surface area contributed by atoms with Gasteiger partial charge in [-0.25, -0.2) is 0 Å². The number of alkyl halides is 3. The largest absolute Gasteiger partial charge is 0.416 e. The summed E-state index contributed by atoms with van der Waals surface area (Å²) in [5.41, 5.74) is 1.58. The van der Waals surface area contributed by atoms with Crippen LogP contribution in [0.2, 0.25) is 0 Å². The molecule has 1 aliphatic rings. The SMILES string of the molecule is O=C(Cc1ccccc1)N1CCn2ncc(-c3cc(C(F)(F)F)ccn3)c2C1. The van der Waals surface area contributed by atoms with Crippen LogP contribution in [0.3, 0.4) is 0 Å². The lowest BCUT2D eigenvalue weighted by Crippen LogP contribution is -2.39. The molecule has 3 heterocycles. The van der Waals surface area contributed by atoms with E-state index in [9.17, 15) is 18.0 Å². The van der Waals surface area contributed by atoms with Crippen LogP contribution < -0.4 is 0 Å². The van der Waals surface area contributed by atoms with Crippen molar-refractivity contribution < 1.29 is 18.0 Å². The zero-order valence-electron chi connectivity index (χ0n) is 14.9. The summed E-state index contributed by atoms with van der Waals surface area (Å²) in [6.45, 7) is 1.30. The summed E-state index contributed by atoms with van der Waals surface area (Å²) in [7, 11) is 0. The molecule has 0 saturated heterocycles. The highest BCUT2D eigenvalue weighted by Gasteiger charge is 2.31. The van der Waals surface area contributed by atoms with Gasteiger partial charge in [-0.2, -0.15) is 18.3 Å². The molecule has 144 valence electrons. The first kappa shape index (κ1) is 18.2. The van der Waals surface area contributed by atoms with Gasteiger partial charge in [0.25, 0.3) is 0 Å². The quantitative estimate of drug-likeness (QED) is 0.692. The number of aromatic nitrogens is 3. The number of carbonyl (C=O) groups excluding carboxylic acids is 1. The number of nitrogens with zero attached hydrogens (tertiary/aromatic N) is 4. The molecule has 8 heteroatoms. The molecular weight excluding hydrogens is 369 g/mol. The molecule has 0 radical (unpaired) electrons. The maximum atomic E-state index is 13.0. The minimum atomic E-state index is -4.44. The van der Waals surface area contributed by atoms with E-state index in [4.69, 9.17) is 0 Å². The van der Waals surface area contributed by atoms with E-state index in [2.05, 4.69) is 10.1 Å². The van der Waals surface area contributed by atoms with E-state index in [1.165, 1.54) is 6.20 Å². The van der Waals surface area contributed by atoms with Crippen LogP contribution in [0.25, 0.3) is 11.3 Å². The molecule has 3 aromatic rings. The second kappa shape index (κ2) is 7.10. The van der Waals surface area contributed by atoms with Crippen molar-refractivity contribution in [2.24, 2.45) is 0 Å². The van der Waals surface area contributed by atoms with Crippen molar-refractivity contribution in [2.75, 3.05) is 6.54 Å². The fraction of sp³-hybridized carbons (Fsp3) is 0.250. The summed E-state index contributed by atoms with van der Waals surface area (Å²) in [6, 6.07) is 11.4. The van der Waals surface area contributed by atoms with E-state index in [0.29, 0.717) is 30.9 Å². The first-order valence-corrected chi connectivity index (χ1v) is 8.82. The number of amides is 1. The Kier molecular flexibility index (Phi) is 4.62. The number of hydrogen-bond acceptors (Lipinski definition) is 3. The molecular formula is C20H17F3N4O. The zero-order valence-corrected chi connectivity index (χ0v) is 14.9. The van der Waals surface area contributed by atoms with Crippen LogP contribution >= 0.6 is 0 Å². The molecule has 0 saturated carbocycles. The number of rotatable bonds is 3. The monoisotopic (exact) mass is 386 g/mol. The zero-order chi connectivity index (χ0) is 19.7. The first-order chi connectivity index (χ1) is 13.4. The predicted octanol–water partition coefficient (Wildman–Crippen LogP) is 3.55. The molecule has 0 bridgehead atoms. The van der Waals surface area contributed by atoms with E-state index in [-0.39, 0.29) is 18.0 Å². The Morgan fingerprint density at radius 1 is 1.11 bits per heavy atom. The molecule has 28 heavy (non-hydrogen) atoms. The van der Waals surface area contributed by atoms with E-state index < -0.39 is 11.7 Å². The molecule has 4 rings (SSSR count). The van der Waals surface area contributed by atoms with E-state index in [1.807, 2.05) is 30.3 Å². The molecule has 1 aromatic carbocycles. The Morgan fingerprint density at radius 3 is 2.64 bits per heavy atom. The molecule has 0 spiro atoms. The molecule has 2 aromatic heterocycles. The maximum Gasteiger partial charge on any atom is 0.416 e. The van der Waals surface area contributed by atoms with Gasteiger partial charge in [-0.1, -0.05) is 30.3 Å². The Balaban J connectivity index is 1.58. The van der Waals surface area contributed by atoms with Crippen molar-refractivity contribution >= 4 is 5.91 Å². The molecule has 0 N–H and O–H groups in total. The number of benzene rings is 1. The van der Waals surface area contributed by atoms with Gasteiger partial charge >= 0.3 is 6.18 Å². The van der Waals surface area contributed by atoms with Gasteiger partial charge in [0.1, 0.15) is 0 Å². The summed E-state index contributed by atoms with van der Waals surface area (Å²) in [5, 5.41) is 4.26. The lowest BCUT2D eigenvalue weighted by Gasteiger charge is -2.28. The van der Waals surface area contributed by atoms with Gasteiger partial charge in [0, 0.05) is 18.3 Å². The highest BCUT2D eigenvalue weighted by molar-refractivity contribution is 5.79. The summed E-state index contributed by atoms with van der Waals surface area (Å²) in [6.07, 6.45) is -1.50. The van der Waals surface area contributed by atoms with E-state index in [1.54, 1.807) is 9.58 Å². The first-order valence-electron chi connectivity index (χ1n) is 8.82. The normalized spacial score (nSPS) is 14.0. The molecule has 0 aliphatic carbocycles. The number of hydrogen-bond donors (Lipinski definition) is 0. The van der Waals surface area contributed by atoms with Crippen LogP contribution in [0.5, 0.6) is 0 Å². The minimum Gasteiger partial charge on any atom is -0.335 e. The fourth-order valence-electron chi connectivity index (χ4n) is 3.31. The topological polar surface area (TPSA) is 51.0 Å². The van der Waals surface area contributed by atoms with Gasteiger partial charge in [0.15, 0.2) is 0 Å². The summed E-state index contributed by atoms with van der Waals surface area (Å²) < 4.78 is 40.8. The standard InChI is InChI=1S/C20H17F3N4O/c21-20(22,23)15-6-7-24-17(11-15)16-12-25-27-9-8-26(13-18(16)27)19(28)10-14-4-2-1-3-5-14/h1-7,11-12H,8-10,13H2. The Bertz CT molecular complexity index is 998. The lowest BCUT2D eigenvalue weighted by atomic mass is 10.1. The second-order valence-electron chi connectivity index (χ2n) is 6.63. The molecule has 0 atom stereocenters. The maximum absolute atomic E-state index is 13.0. The predicted molar refractivity (Wildman–Crippen MR) is 96.0 cm³/mol. The van der Waals surface area contributed by atoms with Crippen LogP contribution in [0, 0.1) is 0 Å². The van der Waals surface area contributed by atoms with Gasteiger partial charge in [-0.3, -0.25) is 14.5 Å². The van der Waals surface area contributed by atoms with Crippen LogP contribution in [-0.4, -0.2) is 32.1 Å². The number of carbonyl (C=O) groups is 1. The highest BCUT2D eigenvalue weighted by Crippen LogP contribution is 2.32. The number of fused-ring (bicyclic) bond motifs is 1. The van der Waals surface area contributed by atoms with Gasteiger partial charge in [-0.05, 0) is 17.7 Å². The second-order valence-corrected chi connectivity index (χ2v) is 6.63. The highest BCUT2D eigenvalue weighted by atomic mass is 19.4. The Morgan fingerprint density at radius 2 is 1.89 bits per heavy atom. The third kappa shape index (κ3) is 3.62. The third-order valence-corrected chi connectivity index (χ3v) is 4.79. The molecule has 0 fully saturated rings. The van der Waals surface area contributed by atoms with Crippen LogP contribution in [-0.2, 0) is 30.5 Å². The van der Waals surface area contributed by atoms with Gasteiger partial charge < -0.3 is 4.90 Å². The van der Waals surface area contributed by atoms with Crippen LogP contribution in [0.15, 0.2) is 54.9 Å². The molecule has 5 nitrogen and oxygen atoms in total. The van der Waals surface area contributed by atoms with Crippen molar-refractivity contribution in [3.8, 4) is 11.3 Å². The average molecular weight is 386 g/mol. The number of pyridine rings is 1. The minimum absolute atomic E-state index is 0.0263. The number of halogens is 3. The van der Waals surface area contributed by atoms with Crippen molar-refractivity contribution in [1.29, 1.82) is 0 Å². The molecule has 1 amide bonds. The van der Waals surface area contributed by atoms with Crippen molar-refractivity contribution in [3.63, 3.8) is 0 Å². The Labute approximate surface area is 159 Å². The van der Waals surface area contributed by atoms with Crippen LogP contribution in [0.1, 0.15) is 16.8 Å². The fourth-order valence-corrected chi connectivity index (χ4v) is 3.31. The summed E-state index contributed by atoms with van der Waals surface area (Å²) in [4.78, 5) is 18.5. The molecule has 1 aliphatic heterocycles. The smallest absolute Gasteiger partial charge is 0.335 e.